The van der Waals surface area contributed by atoms with Crippen LogP contribution in [0.15, 0.2) is 24.3 Å². The second kappa shape index (κ2) is 7.91. The van der Waals surface area contributed by atoms with E-state index >= 15 is 0 Å². The summed E-state index contributed by atoms with van der Waals surface area (Å²) in [4.78, 5) is 16.2. The lowest BCUT2D eigenvalue weighted by Crippen LogP contribution is -2.09. The van der Waals surface area contributed by atoms with E-state index in [4.69, 9.17) is 0 Å². The quantitative estimate of drug-likeness (QED) is 0.715. The van der Waals surface area contributed by atoms with Gasteiger partial charge in [0.05, 0.1) is 0 Å². The number of aromatic nitrogens is 2. The number of imidazole rings is 1. The van der Waals surface area contributed by atoms with Crippen LogP contribution in [0, 0.1) is 34.6 Å². The lowest BCUT2D eigenvalue weighted by molar-refractivity contribution is 0.0956. The standard InChI is InChI=1S/C18H22N2O.C2H6/c1-11(18(21)20-8-7-19-10-20)9-17-15(5)13(3)12(2)14(4)16(17)6;1-2/h7-10H,1-6H3;1-2H3/b11-9+;. The van der Waals surface area contributed by atoms with Crippen molar-refractivity contribution in [2.45, 2.75) is 55.4 Å². The maximum Gasteiger partial charge on any atom is 0.258 e. The molecule has 1 aromatic heterocycles. The Morgan fingerprint density at radius 3 is 1.87 bits per heavy atom. The molecule has 2 rings (SSSR count). The number of hydrogen-bond acceptors (Lipinski definition) is 2. The number of nitrogens with zero attached hydrogens (tertiary/aromatic N) is 2. The molecule has 0 aliphatic heterocycles. The van der Waals surface area contributed by atoms with Crippen LogP contribution in [-0.2, 0) is 0 Å². The zero-order chi connectivity index (χ0) is 17.7. The van der Waals surface area contributed by atoms with Crippen LogP contribution in [0.1, 0.15) is 58.9 Å². The van der Waals surface area contributed by atoms with Gasteiger partial charge in [0.15, 0.2) is 0 Å². The normalized spacial score (nSPS) is 11.0. The zero-order valence-corrected chi connectivity index (χ0v) is 15.6. The minimum absolute atomic E-state index is 0.0396. The van der Waals surface area contributed by atoms with E-state index in [1.54, 1.807) is 12.4 Å². The van der Waals surface area contributed by atoms with Gasteiger partial charge in [-0.05, 0) is 81.0 Å². The first kappa shape index (κ1) is 18.9. The van der Waals surface area contributed by atoms with Crippen molar-refractivity contribution in [2.75, 3.05) is 0 Å². The SMILES string of the molecule is C/C(=C\c1c(C)c(C)c(C)c(C)c1C)C(=O)n1ccnc1.CC. The Hall–Kier alpha value is -2.16. The molecule has 3 heteroatoms. The van der Waals surface area contributed by atoms with Crippen molar-refractivity contribution in [1.29, 1.82) is 0 Å². The van der Waals surface area contributed by atoms with Crippen LogP contribution in [0.3, 0.4) is 0 Å². The first-order valence-corrected chi connectivity index (χ1v) is 8.12. The molecule has 1 heterocycles. The van der Waals surface area contributed by atoms with Crippen LogP contribution in [-0.4, -0.2) is 15.5 Å². The largest absolute Gasteiger partial charge is 0.273 e. The van der Waals surface area contributed by atoms with Gasteiger partial charge in [-0.2, -0.15) is 0 Å². The zero-order valence-electron chi connectivity index (χ0n) is 15.6. The van der Waals surface area contributed by atoms with Crippen molar-refractivity contribution in [3.63, 3.8) is 0 Å². The van der Waals surface area contributed by atoms with Crippen molar-refractivity contribution in [3.8, 4) is 0 Å². The van der Waals surface area contributed by atoms with Gasteiger partial charge in [0, 0.05) is 18.0 Å². The third kappa shape index (κ3) is 3.79. The highest BCUT2D eigenvalue weighted by molar-refractivity contribution is 5.99. The van der Waals surface area contributed by atoms with E-state index in [-0.39, 0.29) is 5.91 Å². The molecule has 0 radical (unpaired) electrons. The summed E-state index contributed by atoms with van der Waals surface area (Å²) in [6, 6.07) is 0. The molecule has 124 valence electrons. The van der Waals surface area contributed by atoms with Crippen LogP contribution in [0.25, 0.3) is 6.08 Å². The van der Waals surface area contributed by atoms with E-state index in [1.165, 1.54) is 38.7 Å². The van der Waals surface area contributed by atoms with Crippen LogP contribution < -0.4 is 0 Å². The second-order valence-corrected chi connectivity index (χ2v) is 5.64. The van der Waals surface area contributed by atoms with E-state index in [0.29, 0.717) is 5.57 Å². The number of carbonyl (C=O) groups is 1. The number of rotatable bonds is 2. The molecule has 0 aliphatic carbocycles. The molecule has 0 saturated carbocycles. The summed E-state index contributed by atoms with van der Waals surface area (Å²) in [5.74, 6) is -0.0396. The minimum atomic E-state index is -0.0396. The van der Waals surface area contributed by atoms with E-state index in [2.05, 4.69) is 39.6 Å². The van der Waals surface area contributed by atoms with E-state index in [9.17, 15) is 4.79 Å². The van der Waals surface area contributed by atoms with Crippen molar-refractivity contribution in [2.24, 2.45) is 0 Å². The third-order valence-corrected chi connectivity index (χ3v) is 4.50. The summed E-state index contributed by atoms with van der Waals surface area (Å²) in [7, 11) is 0. The van der Waals surface area contributed by atoms with Crippen molar-refractivity contribution in [3.05, 3.63) is 57.7 Å². The Morgan fingerprint density at radius 2 is 1.43 bits per heavy atom. The molecular formula is C20H28N2O. The van der Waals surface area contributed by atoms with Crippen LogP contribution in [0.5, 0.6) is 0 Å². The fourth-order valence-corrected chi connectivity index (χ4v) is 2.61. The van der Waals surface area contributed by atoms with Gasteiger partial charge >= 0.3 is 0 Å². The first-order chi connectivity index (χ1) is 10.8. The Labute approximate surface area is 140 Å². The fourth-order valence-electron chi connectivity index (χ4n) is 2.61. The highest BCUT2D eigenvalue weighted by Crippen LogP contribution is 2.27. The molecule has 0 saturated heterocycles. The lowest BCUT2D eigenvalue weighted by atomic mass is 9.89. The monoisotopic (exact) mass is 312 g/mol. The predicted octanol–water partition coefficient (Wildman–Crippen LogP) is 5.20. The summed E-state index contributed by atoms with van der Waals surface area (Å²) >= 11 is 0. The van der Waals surface area contributed by atoms with Crippen LogP contribution in [0.2, 0.25) is 0 Å². The van der Waals surface area contributed by atoms with Crippen LogP contribution in [0.4, 0.5) is 0 Å². The number of benzene rings is 1. The number of carbonyl (C=O) groups excluding carboxylic acids is 1. The topological polar surface area (TPSA) is 34.9 Å². The number of allylic oxidation sites excluding steroid dienone is 1. The molecule has 0 unspecified atom stereocenters. The van der Waals surface area contributed by atoms with Gasteiger partial charge in [-0.25, -0.2) is 4.98 Å². The maximum absolute atomic E-state index is 12.3. The van der Waals surface area contributed by atoms with Crippen LogP contribution >= 0.6 is 0 Å². The fraction of sp³-hybridized carbons (Fsp3) is 0.400. The van der Waals surface area contributed by atoms with Crippen molar-refractivity contribution >= 4 is 12.0 Å². The summed E-state index contributed by atoms with van der Waals surface area (Å²) < 4.78 is 1.50. The Morgan fingerprint density at radius 1 is 0.957 bits per heavy atom. The highest BCUT2D eigenvalue weighted by Gasteiger charge is 2.13. The third-order valence-electron chi connectivity index (χ3n) is 4.50. The van der Waals surface area contributed by atoms with Gasteiger partial charge in [-0.3, -0.25) is 9.36 Å². The Bertz CT molecular complexity index is 694. The van der Waals surface area contributed by atoms with E-state index in [1.807, 2.05) is 26.8 Å². The average molecular weight is 312 g/mol. The molecule has 1 aromatic carbocycles. The van der Waals surface area contributed by atoms with Gasteiger partial charge in [0.25, 0.3) is 5.91 Å². The molecule has 0 N–H and O–H groups in total. The lowest BCUT2D eigenvalue weighted by Gasteiger charge is -2.17. The van der Waals surface area contributed by atoms with Crippen molar-refractivity contribution in [1.82, 2.24) is 9.55 Å². The summed E-state index contributed by atoms with van der Waals surface area (Å²) in [5, 5.41) is 0. The second-order valence-electron chi connectivity index (χ2n) is 5.64. The maximum atomic E-state index is 12.3. The molecule has 0 bridgehead atoms. The molecule has 3 nitrogen and oxygen atoms in total. The van der Waals surface area contributed by atoms with Gasteiger partial charge < -0.3 is 0 Å². The average Bonchev–Trinajstić information content (AvgIpc) is 3.10. The summed E-state index contributed by atoms with van der Waals surface area (Å²) in [6.45, 7) is 16.5. The molecule has 2 aromatic rings. The molecule has 23 heavy (non-hydrogen) atoms. The molecular weight excluding hydrogens is 284 g/mol. The molecule has 0 atom stereocenters. The molecule has 0 amide bonds. The minimum Gasteiger partial charge on any atom is -0.273 e. The van der Waals surface area contributed by atoms with E-state index < -0.39 is 0 Å². The molecule has 0 spiro atoms. The highest BCUT2D eigenvalue weighted by atomic mass is 16.2. The van der Waals surface area contributed by atoms with E-state index in [0.717, 1.165) is 5.56 Å². The summed E-state index contributed by atoms with van der Waals surface area (Å²) in [5.41, 5.74) is 8.28. The van der Waals surface area contributed by atoms with Gasteiger partial charge in [0.1, 0.15) is 6.33 Å². The Kier molecular flexibility index (Phi) is 6.49. The molecule has 0 fully saturated rings. The van der Waals surface area contributed by atoms with Gasteiger partial charge in [-0.15, -0.1) is 0 Å². The Balaban J connectivity index is 0.00000127. The summed E-state index contributed by atoms with van der Waals surface area (Å²) in [6.07, 6.45) is 6.81. The predicted molar refractivity (Wildman–Crippen MR) is 98.0 cm³/mol. The number of hydrogen-bond donors (Lipinski definition) is 0. The van der Waals surface area contributed by atoms with Crippen molar-refractivity contribution < 1.29 is 4.79 Å². The molecule has 0 aliphatic rings. The van der Waals surface area contributed by atoms with Gasteiger partial charge in [-0.1, -0.05) is 13.8 Å². The van der Waals surface area contributed by atoms with Gasteiger partial charge in [0.2, 0.25) is 0 Å². The smallest absolute Gasteiger partial charge is 0.258 e. The first-order valence-electron chi connectivity index (χ1n) is 8.12.